The van der Waals surface area contributed by atoms with Crippen molar-refractivity contribution in [3.63, 3.8) is 0 Å². The highest BCUT2D eigenvalue weighted by Crippen LogP contribution is 2.16. The lowest BCUT2D eigenvalue weighted by atomic mass is 10.4. The number of aryl methyl sites for hydroxylation is 1. The van der Waals surface area contributed by atoms with Crippen LogP contribution in [-0.4, -0.2) is 14.6 Å². The summed E-state index contributed by atoms with van der Waals surface area (Å²) in [7, 11) is 0. The smallest absolute Gasteiger partial charge is 0.179 e. The van der Waals surface area contributed by atoms with Gasteiger partial charge in [0.15, 0.2) is 5.65 Å². The predicted molar refractivity (Wildman–Crippen MR) is 42.7 cm³/mol. The van der Waals surface area contributed by atoms with Crippen LogP contribution in [0.25, 0.3) is 5.65 Å². The maximum Gasteiger partial charge on any atom is 0.179 e. The molecule has 3 nitrogen and oxygen atoms in total. The van der Waals surface area contributed by atoms with Gasteiger partial charge >= 0.3 is 0 Å². The number of pyridine rings is 1. The molecule has 5 heteroatoms. The summed E-state index contributed by atoms with van der Waals surface area (Å²) in [6, 6.07) is 1.21. The standard InChI is InChI=1S/C7H5ClFN3/c1-4-10-11-7-6(8)2-5(9)3-12(4)7/h2-3H,1H3. The summed E-state index contributed by atoms with van der Waals surface area (Å²) in [4.78, 5) is 0. The molecule has 0 saturated carbocycles. The van der Waals surface area contributed by atoms with Gasteiger partial charge in [0, 0.05) is 6.20 Å². The number of rotatable bonds is 0. The number of fused-ring (bicyclic) bond motifs is 1. The molecule has 0 aromatic carbocycles. The van der Waals surface area contributed by atoms with Crippen LogP contribution in [0, 0.1) is 12.7 Å². The molecular formula is C7H5ClFN3. The van der Waals surface area contributed by atoms with Crippen LogP contribution in [0.3, 0.4) is 0 Å². The van der Waals surface area contributed by atoms with E-state index < -0.39 is 5.82 Å². The fraction of sp³-hybridized carbons (Fsp3) is 0.143. The van der Waals surface area contributed by atoms with Crippen LogP contribution in [0.15, 0.2) is 12.3 Å². The number of hydrogen-bond donors (Lipinski definition) is 0. The van der Waals surface area contributed by atoms with Crippen molar-refractivity contribution >= 4 is 17.2 Å². The third kappa shape index (κ3) is 0.956. The lowest BCUT2D eigenvalue weighted by Crippen LogP contribution is -1.90. The highest BCUT2D eigenvalue weighted by atomic mass is 35.5. The molecule has 12 heavy (non-hydrogen) atoms. The molecule has 0 fully saturated rings. The summed E-state index contributed by atoms with van der Waals surface area (Å²) < 4.78 is 14.3. The quantitative estimate of drug-likeness (QED) is 0.627. The third-order valence-electron chi connectivity index (χ3n) is 1.60. The first-order valence-electron chi connectivity index (χ1n) is 3.35. The largest absolute Gasteiger partial charge is 0.282 e. The summed E-state index contributed by atoms with van der Waals surface area (Å²) >= 11 is 5.71. The second-order valence-electron chi connectivity index (χ2n) is 2.45. The molecule has 0 atom stereocenters. The van der Waals surface area contributed by atoms with Crippen molar-refractivity contribution < 1.29 is 4.39 Å². The Bertz CT molecular complexity index is 437. The summed E-state index contributed by atoms with van der Waals surface area (Å²) in [6.45, 7) is 1.73. The number of nitrogens with zero attached hydrogens (tertiary/aromatic N) is 3. The fourth-order valence-electron chi connectivity index (χ4n) is 1.03. The SMILES string of the molecule is Cc1nnc2c(Cl)cc(F)cn12. The zero-order valence-corrected chi connectivity index (χ0v) is 7.01. The van der Waals surface area contributed by atoms with Crippen LogP contribution in [0.2, 0.25) is 5.02 Å². The number of halogens is 2. The van der Waals surface area contributed by atoms with E-state index in [2.05, 4.69) is 10.2 Å². The molecule has 0 bridgehead atoms. The minimum Gasteiger partial charge on any atom is -0.282 e. The predicted octanol–water partition coefficient (Wildman–Crippen LogP) is 1.83. The van der Waals surface area contributed by atoms with Crippen LogP contribution in [0.5, 0.6) is 0 Å². The van der Waals surface area contributed by atoms with Crippen LogP contribution in [0.1, 0.15) is 5.82 Å². The normalized spacial score (nSPS) is 10.9. The first kappa shape index (κ1) is 7.49. The van der Waals surface area contributed by atoms with Crippen molar-refractivity contribution in [3.8, 4) is 0 Å². The fourth-order valence-corrected chi connectivity index (χ4v) is 1.27. The Kier molecular flexibility index (Phi) is 1.51. The molecule has 2 rings (SSSR count). The molecule has 0 aliphatic heterocycles. The Morgan fingerprint density at radius 1 is 1.50 bits per heavy atom. The molecular weight excluding hydrogens is 181 g/mol. The lowest BCUT2D eigenvalue weighted by molar-refractivity contribution is 0.618. The molecule has 2 aromatic rings. The molecule has 0 aliphatic rings. The molecule has 0 saturated heterocycles. The topological polar surface area (TPSA) is 30.2 Å². The van der Waals surface area contributed by atoms with Gasteiger partial charge in [-0.15, -0.1) is 10.2 Å². The third-order valence-corrected chi connectivity index (χ3v) is 1.88. The van der Waals surface area contributed by atoms with E-state index in [0.29, 0.717) is 11.5 Å². The lowest BCUT2D eigenvalue weighted by Gasteiger charge is -1.95. The average molecular weight is 186 g/mol. The molecule has 0 N–H and O–H groups in total. The zero-order valence-electron chi connectivity index (χ0n) is 6.25. The van der Waals surface area contributed by atoms with E-state index in [0.717, 1.165) is 0 Å². The van der Waals surface area contributed by atoms with Crippen LogP contribution >= 0.6 is 11.6 Å². The van der Waals surface area contributed by atoms with E-state index in [4.69, 9.17) is 11.6 Å². The van der Waals surface area contributed by atoms with Gasteiger partial charge < -0.3 is 0 Å². The van der Waals surface area contributed by atoms with E-state index in [9.17, 15) is 4.39 Å². The van der Waals surface area contributed by atoms with Crippen molar-refractivity contribution in [2.75, 3.05) is 0 Å². The maximum atomic E-state index is 12.8. The van der Waals surface area contributed by atoms with Crippen molar-refractivity contribution in [2.24, 2.45) is 0 Å². The van der Waals surface area contributed by atoms with Gasteiger partial charge in [0.25, 0.3) is 0 Å². The van der Waals surface area contributed by atoms with Crippen LogP contribution in [-0.2, 0) is 0 Å². The monoisotopic (exact) mass is 185 g/mol. The summed E-state index contributed by atoms with van der Waals surface area (Å²) in [5.74, 6) is 0.224. The van der Waals surface area contributed by atoms with E-state index in [1.54, 1.807) is 6.92 Å². The minimum absolute atomic E-state index is 0.274. The van der Waals surface area contributed by atoms with Crippen molar-refractivity contribution in [1.82, 2.24) is 14.6 Å². The summed E-state index contributed by atoms with van der Waals surface area (Å²) in [6.07, 6.45) is 1.30. The van der Waals surface area contributed by atoms with E-state index in [1.807, 2.05) is 0 Å². The molecule has 2 aromatic heterocycles. The van der Waals surface area contributed by atoms with Gasteiger partial charge in [0.05, 0.1) is 5.02 Å². The van der Waals surface area contributed by atoms with Gasteiger partial charge in [-0.3, -0.25) is 4.40 Å². The van der Waals surface area contributed by atoms with Crippen molar-refractivity contribution in [3.05, 3.63) is 28.9 Å². The van der Waals surface area contributed by atoms with E-state index in [1.165, 1.54) is 16.7 Å². The van der Waals surface area contributed by atoms with Gasteiger partial charge in [0.2, 0.25) is 0 Å². The average Bonchev–Trinajstić information content (AvgIpc) is 2.33. The Hall–Kier alpha value is -1.16. The zero-order chi connectivity index (χ0) is 8.72. The Labute approximate surface area is 72.8 Å². The second-order valence-corrected chi connectivity index (χ2v) is 2.85. The van der Waals surface area contributed by atoms with E-state index >= 15 is 0 Å². The van der Waals surface area contributed by atoms with E-state index in [-0.39, 0.29) is 5.02 Å². The Morgan fingerprint density at radius 3 is 3.00 bits per heavy atom. The summed E-state index contributed by atoms with van der Waals surface area (Å²) in [5, 5.41) is 7.81. The minimum atomic E-state index is -0.393. The van der Waals surface area contributed by atoms with Crippen molar-refractivity contribution in [1.29, 1.82) is 0 Å². The number of aromatic nitrogens is 3. The second kappa shape index (κ2) is 2.42. The Morgan fingerprint density at radius 2 is 2.25 bits per heavy atom. The van der Waals surface area contributed by atoms with Crippen molar-refractivity contribution in [2.45, 2.75) is 6.92 Å². The van der Waals surface area contributed by atoms with Gasteiger partial charge in [-0.2, -0.15) is 0 Å². The molecule has 0 amide bonds. The Balaban J connectivity index is 2.92. The van der Waals surface area contributed by atoms with Crippen LogP contribution < -0.4 is 0 Å². The van der Waals surface area contributed by atoms with Crippen LogP contribution in [0.4, 0.5) is 4.39 Å². The molecule has 2 heterocycles. The molecule has 0 unspecified atom stereocenters. The van der Waals surface area contributed by atoms with Gasteiger partial charge in [0.1, 0.15) is 11.6 Å². The summed E-state index contributed by atoms with van der Waals surface area (Å²) in [5.41, 5.74) is 0.482. The van der Waals surface area contributed by atoms with Gasteiger partial charge in [-0.25, -0.2) is 4.39 Å². The molecule has 0 aliphatic carbocycles. The maximum absolute atomic E-state index is 12.8. The number of hydrogen-bond acceptors (Lipinski definition) is 2. The molecule has 62 valence electrons. The highest BCUT2D eigenvalue weighted by Gasteiger charge is 2.06. The van der Waals surface area contributed by atoms with Gasteiger partial charge in [-0.1, -0.05) is 11.6 Å². The highest BCUT2D eigenvalue weighted by molar-refractivity contribution is 6.33. The molecule has 0 spiro atoms. The van der Waals surface area contributed by atoms with Gasteiger partial charge in [-0.05, 0) is 13.0 Å². The first-order chi connectivity index (χ1) is 5.68. The molecule has 0 radical (unpaired) electrons. The first-order valence-corrected chi connectivity index (χ1v) is 3.72.